The van der Waals surface area contributed by atoms with E-state index in [2.05, 4.69) is 52.6 Å². The van der Waals surface area contributed by atoms with Crippen molar-refractivity contribution >= 4 is 23.1 Å². The molecule has 0 saturated carbocycles. The first kappa shape index (κ1) is 12.4. The second-order valence-corrected chi connectivity index (χ2v) is 5.99. The number of hydrogen-bond acceptors (Lipinski definition) is 4. The van der Waals surface area contributed by atoms with Crippen LogP contribution in [0, 0.1) is 6.92 Å². The Hall–Kier alpha value is -1.65. The molecule has 2 nitrogen and oxygen atoms in total. The Morgan fingerprint density at radius 1 is 1.00 bits per heavy atom. The Morgan fingerprint density at radius 3 is 2.58 bits per heavy atom. The highest BCUT2D eigenvalue weighted by Gasteiger charge is 2.11. The number of thiophene rings is 1. The molecule has 0 aliphatic carbocycles. The fraction of sp³-hybridized carbons (Fsp3) is 0.0667. The van der Waals surface area contributed by atoms with E-state index >= 15 is 0 Å². The molecule has 0 saturated heterocycles. The molecule has 0 amide bonds. The third-order valence-corrected chi connectivity index (χ3v) is 4.78. The first-order valence-corrected chi connectivity index (χ1v) is 7.62. The van der Waals surface area contributed by atoms with Crippen molar-refractivity contribution in [1.82, 2.24) is 9.97 Å². The SMILES string of the molecule is Cc1cccc(-c2cccs2)c1Sc1ncccn1. The second-order valence-electron chi connectivity index (χ2n) is 4.06. The van der Waals surface area contributed by atoms with Gasteiger partial charge in [0.25, 0.3) is 0 Å². The molecule has 1 aromatic carbocycles. The molecule has 0 aliphatic rings. The van der Waals surface area contributed by atoms with E-state index in [-0.39, 0.29) is 0 Å². The van der Waals surface area contributed by atoms with E-state index in [0.717, 1.165) is 5.16 Å². The van der Waals surface area contributed by atoms with Crippen LogP contribution in [0.4, 0.5) is 0 Å². The summed E-state index contributed by atoms with van der Waals surface area (Å²) in [6.07, 6.45) is 3.55. The lowest BCUT2D eigenvalue weighted by Crippen LogP contribution is -1.88. The molecule has 2 heterocycles. The fourth-order valence-electron chi connectivity index (χ4n) is 1.84. The zero-order valence-corrected chi connectivity index (χ0v) is 12.0. The Kier molecular flexibility index (Phi) is 3.62. The lowest BCUT2D eigenvalue weighted by molar-refractivity contribution is 0.966. The lowest BCUT2D eigenvalue weighted by Gasteiger charge is -2.09. The van der Waals surface area contributed by atoms with Crippen molar-refractivity contribution in [2.24, 2.45) is 0 Å². The van der Waals surface area contributed by atoms with Crippen LogP contribution in [0.25, 0.3) is 10.4 Å². The summed E-state index contributed by atoms with van der Waals surface area (Å²) >= 11 is 3.38. The number of aryl methyl sites for hydroxylation is 1. The third-order valence-electron chi connectivity index (χ3n) is 2.73. The summed E-state index contributed by atoms with van der Waals surface area (Å²) in [4.78, 5) is 11.1. The van der Waals surface area contributed by atoms with Gasteiger partial charge >= 0.3 is 0 Å². The van der Waals surface area contributed by atoms with Crippen LogP contribution < -0.4 is 0 Å². The highest BCUT2D eigenvalue weighted by atomic mass is 32.2. The molecule has 19 heavy (non-hydrogen) atoms. The van der Waals surface area contributed by atoms with Crippen LogP contribution in [0.5, 0.6) is 0 Å². The topological polar surface area (TPSA) is 25.8 Å². The van der Waals surface area contributed by atoms with E-state index < -0.39 is 0 Å². The van der Waals surface area contributed by atoms with Crippen molar-refractivity contribution in [1.29, 1.82) is 0 Å². The highest BCUT2D eigenvalue weighted by Crippen LogP contribution is 2.38. The van der Waals surface area contributed by atoms with Gasteiger partial charge in [-0.3, -0.25) is 0 Å². The molecule has 0 radical (unpaired) electrons. The zero-order valence-electron chi connectivity index (χ0n) is 10.4. The van der Waals surface area contributed by atoms with Crippen LogP contribution in [0.1, 0.15) is 5.56 Å². The van der Waals surface area contributed by atoms with Crippen LogP contribution in [-0.2, 0) is 0 Å². The van der Waals surface area contributed by atoms with E-state index in [1.165, 1.54) is 20.9 Å². The van der Waals surface area contributed by atoms with Crippen molar-refractivity contribution in [3.63, 3.8) is 0 Å². The van der Waals surface area contributed by atoms with Crippen LogP contribution in [-0.4, -0.2) is 9.97 Å². The van der Waals surface area contributed by atoms with Gasteiger partial charge in [0, 0.05) is 27.7 Å². The molecule has 0 bridgehead atoms. The van der Waals surface area contributed by atoms with Gasteiger partial charge in [0.2, 0.25) is 0 Å². The van der Waals surface area contributed by atoms with Gasteiger partial charge in [-0.05, 0) is 41.8 Å². The summed E-state index contributed by atoms with van der Waals surface area (Å²) < 4.78 is 0. The molecule has 3 rings (SSSR count). The average molecular weight is 284 g/mol. The maximum Gasteiger partial charge on any atom is 0.192 e. The largest absolute Gasteiger partial charge is 0.231 e. The molecular weight excluding hydrogens is 272 g/mol. The second kappa shape index (κ2) is 5.55. The molecule has 3 aromatic rings. The zero-order chi connectivity index (χ0) is 13.1. The van der Waals surface area contributed by atoms with Crippen LogP contribution >= 0.6 is 23.1 Å². The number of aromatic nitrogens is 2. The molecular formula is C15H12N2S2. The minimum atomic E-state index is 0.787. The van der Waals surface area contributed by atoms with Gasteiger partial charge in [0.05, 0.1) is 0 Å². The maximum absolute atomic E-state index is 4.29. The van der Waals surface area contributed by atoms with Gasteiger partial charge in [0.15, 0.2) is 5.16 Å². The Balaban J connectivity index is 2.05. The van der Waals surface area contributed by atoms with E-state index in [1.54, 1.807) is 35.5 Å². The maximum atomic E-state index is 4.29. The normalized spacial score (nSPS) is 10.6. The summed E-state index contributed by atoms with van der Waals surface area (Å²) in [5.74, 6) is 0. The van der Waals surface area contributed by atoms with Crippen LogP contribution in [0.3, 0.4) is 0 Å². The molecule has 4 heteroatoms. The molecule has 0 aliphatic heterocycles. The van der Waals surface area contributed by atoms with Crippen molar-refractivity contribution in [2.45, 2.75) is 17.0 Å². The first-order chi connectivity index (χ1) is 9.34. The predicted octanol–water partition coefficient (Wildman–Crippen LogP) is 4.66. The Labute approximate surface area is 120 Å². The van der Waals surface area contributed by atoms with E-state index in [0.29, 0.717) is 0 Å². The van der Waals surface area contributed by atoms with Crippen molar-refractivity contribution in [3.8, 4) is 10.4 Å². The highest BCUT2D eigenvalue weighted by molar-refractivity contribution is 7.99. The predicted molar refractivity (Wildman–Crippen MR) is 80.6 cm³/mol. The van der Waals surface area contributed by atoms with Gasteiger partial charge in [-0.15, -0.1) is 11.3 Å². The van der Waals surface area contributed by atoms with Crippen molar-refractivity contribution in [3.05, 3.63) is 59.7 Å². The standard InChI is InChI=1S/C15H12N2S2/c1-11-5-2-6-12(13-7-3-10-18-13)14(11)19-15-16-8-4-9-17-15/h2-10H,1H3. The van der Waals surface area contributed by atoms with Gasteiger partial charge in [-0.2, -0.15) is 0 Å². The number of hydrogen-bond donors (Lipinski definition) is 0. The monoisotopic (exact) mass is 284 g/mol. The fourth-order valence-corrected chi connectivity index (χ4v) is 3.59. The minimum Gasteiger partial charge on any atom is -0.231 e. The number of rotatable bonds is 3. The molecule has 2 aromatic heterocycles. The Bertz CT molecular complexity index is 664. The summed E-state index contributed by atoms with van der Waals surface area (Å²) in [5.41, 5.74) is 2.51. The first-order valence-electron chi connectivity index (χ1n) is 5.93. The van der Waals surface area contributed by atoms with E-state index in [9.17, 15) is 0 Å². The summed E-state index contributed by atoms with van der Waals surface area (Å²) in [7, 11) is 0. The molecule has 0 atom stereocenters. The van der Waals surface area contributed by atoms with Gasteiger partial charge in [-0.25, -0.2) is 9.97 Å². The quantitative estimate of drug-likeness (QED) is 0.654. The molecule has 94 valence electrons. The Morgan fingerprint density at radius 2 is 1.84 bits per heavy atom. The van der Waals surface area contributed by atoms with Crippen molar-refractivity contribution < 1.29 is 0 Å². The van der Waals surface area contributed by atoms with Gasteiger partial charge in [-0.1, -0.05) is 24.3 Å². The number of benzene rings is 1. The summed E-state index contributed by atoms with van der Waals surface area (Å²) in [5, 5.41) is 2.89. The molecule has 0 fully saturated rings. The van der Waals surface area contributed by atoms with Crippen molar-refractivity contribution in [2.75, 3.05) is 0 Å². The van der Waals surface area contributed by atoms with Crippen LogP contribution in [0.2, 0.25) is 0 Å². The number of nitrogens with zero attached hydrogens (tertiary/aromatic N) is 2. The van der Waals surface area contributed by atoms with Gasteiger partial charge in [0.1, 0.15) is 0 Å². The third kappa shape index (κ3) is 2.69. The average Bonchev–Trinajstić information content (AvgIpc) is 2.96. The lowest BCUT2D eigenvalue weighted by atomic mass is 10.1. The van der Waals surface area contributed by atoms with E-state index in [4.69, 9.17) is 0 Å². The smallest absolute Gasteiger partial charge is 0.192 e. The summed E-state index contributed by atoms with van der Waals surface area (Å²) in [6, 6.07) is 12.4. The van der Waals surface area contributed by atoms with Crippen LogP contribution in [0.15, 0.2) is 64.2 Å². The molecule has 0 spiro atoms. The molecule has 0 N–H and O–H groups in total. The minimum absolute atomic E-state index is 0.787. The molecule has 0 unspecified atom stereocenters. The van der Waals surface area contributed by atoms with Gasteiger partial charge < -0.3 is 0 Å². The van der Waals surface area contributed by atoms with E-state index in [1.807, 2.05) is 6.07 Å². The summed E-state index contributed by atoms with van der Waals surface area (Å²) in [6.45, 7) is 2.13.